The van der Waals surface area contributed by atoms with Crippen molar-refractivity contribution in [3.05, 3.63) is 35.4 Å². The zero-order valence-corrected chi connectivity index (χ0v) is 11.7. The summed E-state index contributed by atoms with van der Waals surface area (Å²) >= 11 is 0. The molecule has 1 aliphatic heterocycles. The van der Waals surface area contributed by atoms with Crippen LogP contribution < -0.4 is 5.73 Å². The maximum Gasteiger partial charge on any atom is 0.256 e. The lowest BCUT2D eigenvalue weighted by molar-refractivity contribution is -0.123. The van der Waals surface area contributed by atoms with Crippen LogP contribution in [-0.2, 0) is 4.79 Å². The summed E-state index contributed by atoms with van der Waals surface area (Å²) in [4.78, 5) is 26.7. The van der Waals surface area contributed by atoms with Gasteiger partial charge in [-0.25, -0.2) is 8.78 Å². The van der Waals surface area contributed by atoms with Crippen LogP contribution in [0.1, 0.15) is 17.3 Å². The van der Waals surface area contributed by atoms with E-state index in [1.54, 1.807) is 6.92 Å². The number of nitrogens with two attached hydrogens (primary N) is 1. The number of primary amides is 1. The first-order valence-electron chi connectivity index (χ1n) is 6.68. The molecule has 7 heteroatoms. The molecule has 1 heterocycles. The monoisotopic (exact) mass is 297 g/mol. The Balaban J connectivity index is 2.02. The van der Waals surface area contributed by atoms with Gasteiger partial charge in [-0.3, -0.25) is 14.5 Å². The lowest BCUT2D eigenvalue weighted by atomic mass is 10.1. The van der Waals surface area contributed by atoms with Crippen molar-refractivity contribution in [3.63, 3.8) is 0 Å². The van der Waals surface area contributed by atoms with Crippen molar-refractivity contribution in [2.24, 2.45) is 5.73 Å². The number of halogens is 2. The van der Waals surface area contributed by atoms with E-state index in [1.165, 1.54) is 4.90 Å². The largest absolute Gasteiger partial charge is 0.368 e. The Kier molecular flexibility index (Phi) is 4.52. The number of hydrogen-bond acceptors (Lipinski definition) is 3. The van der Waals surface area contributed by atoms with Gasteiger partial charge in [-0.2, -0.15) is 0 Å². The fraction of sp³-hybridized carbons (Fsp3) is 0.429. The van der Waals surface area contributed by atoms with Crippen LogP contribution in [0.4, 0.5) is 8.78 Å². The van der Waals surface area contributed by atoms with Crippen LogP contribution in [0.5, 0.6) is 0 Å². The molecule has 0 aromatic heterocycles. The molecule has 21 heavy (non-hydrogen) atoms. The number of benzene rings is 1. The van der Waals surface area contributed by atoms with Gasteiger partial charge < -0.3 is 10.6 Å². The van der Waals surface area contributed by atoms with E-state index in [-0.39, 0.29) is 5.56 Å². The van der Waals surface area contributed by atoms with Crippen LogP contribution in [0, 0.1) is 11.6 Å². The molecule has 1 saturated heterocycles. The van der Waals surface area contributed by atoms with E-state index in [1.807, 2.05) is 4.90 Å². The first kappa shape index (κ1) is 15.4. The van der Waals surface area contributed by atoms with Crippen molar-refractivity contribution in [2.45, 2.75) is 13.0 Å². The van der Waals surface area contributed by atoms with E-state index in [0.29, 0.717) is 32.2 Å². The molecule has 2 N–H and O–H groups in total. The number of amides is 2. The van der Waals surface area contributed by atoms with Gasteiger partial charge in [0.15, 0.2) is 0 Å². The molecule has 1 fully saturated rings. The summed E-state index contributed by atoms with van der Waals surface area (Å²) in [5, 5.41) is 0. The molecule has 1 aliphatic rings. The van der Waals surface area contributed by atoms with Crippen molar-refractivity contribution >= 4 is 11.8 Å². The van der Waals surface area contributed by atoms with E-state index in [2.05, 4.69) is 0 Å². The highest BCUT2D eigenvalue weighted by molar-refractivity contribution is 5.94. The van der Waals surface area contributed by atoms with Crippen molar-refractivity contribution in [2.75, 3.05) is 26.2 Å². The Labute approximate surface area is 121 Å². The topological polar surface area (TPSA) is 66.6 Å². The molecule has 0 unspecified atom stereocenters. The Bertz CT molecular complexity index is 557. The minimum absolute atomic E-state index is 0.146. The third kappa shape index (κ3) is 3.36. The minimum Gasteiger partial charge on any atom is -0.368 e. The van der Waals surface area contributed by atoms with Gasteiger partial charge in [0.2, 0.25) is 5.91 Å². The van der Waals surface area contributed by atoms with Crippen LogP contribution in [0.25, 0.3) is 0 Å². The van der Waals surface area contributed by atoms with Gasteiger partial charge in [0.1, 0.15) is 11.6 Å². The summed E-state index contributed by atoms with van der Waals surface area (Å²) in [7, 11) is 0. The number of nitrogens with zero attached hydrogens (tertiary/aromatic N) is 2. The van der Waals surface area contributed by atoms with Crippen LogP contribution in [-0.4, -0.2) is 53.8 Å². The van der Waals surface area contributed by atoms with Gasteiger partial charge in [0.25, 0.3) is 5.91 Å². The predicted octanol–water partition coefficient (Wildman–Crippen LogP) is 0.596. The van der Waals surface area contributed by atoms with Crippen molar-refractivity contribution in [1.82, 2.24) is 9.80 Å². The van der Waals surface area contributed by atoms with E-state index in [0.717, 1.165) is 12.1 Å². The summed E-state index contributed by atoms with van der Waals surface area (Å²) in [6.07, 6.45) is 0. The zero-order chi connectivity index (χ0) is 15.6. The van der Waals surface area contributed by atoms with Gasteiger partial charge in [0.05, 0.1) is 11.6 Å². The molecule has 0 bridgehead atoms. The van der Waals surface area contributed by atoms with E-state index < -0.39 is 29.5 Å². The number of carbonyl (C=O) groups excluding carboxylic acids is 2. The number of carbonyl (C=O) groups is 2. The van der Waals surface area contributed by atoms with Gasteiger partial charge in [0, 0.05) is 32.2 Å². The average molecular weight is 297 g/mol. The second kappa shape index (κ2) is 6.17. The lowest BCUT2D eigenvalue weighted by Crippen LogP contribution is -2.54. The third-order valence-corrected chi connectivity index (χ3v) is 3.72. The van der Waals surface area contributed by atoms with Gasteiger partial charge in [-0.05, 0) is 19.1 Å². The van der Waals surface area contributed by atoms with Crippen LogP contribution >= 0.6 is 0 Å². The molecule has 0 radical (unpaired) electrons. The predicted molar refractivity (Wildman–Crippen MR) is 72.5 cm³/mol. The quantitative estimate of drug-likeness (QED) is 0.888. The molecular formula is C14H17F2N3O2. The van der Waals surface area contributed by atoms with E-state index in [4.69, 9.17) is 5.73 Å². The summed E-state index contributed by atoms with van der Waals surface area (Å²) in [5.41, 5.74) is 5.09. The van der Waals surface area contributed by atoms with Crippen molar-refractivity contribution < 1.29 is 18.4 Å². The number of piperazine rings is 1. The highest BCUT2D eigenvalue weighted by Crippen LogP contribution is 2.14. The molecule has 0 saturated carbocycles. The van der Waals surface area contributed by atoms with Gasteiger partial charge in [-0.15, -0.1) is 0 Å². The molecule has 1 atom stereocenters. The van der Waals surface area contributed by atoms with Crippen LogP contribution in [0.15, 0.2) is 18.2 Å². The summed E-state index contributed by atoms with van der Waals surface area (Å²) in [6.45, 7) is 3.41. The Morgan fingerprint density at radius 3 is 2.33 bits per heavy atom. The van der Waals surface area contributed by atoms with E-state index >= 15 is 0 Å². The average Bonchev–Trinajstić information content (AvgIpc) is 2.46. The van der Waals surface area contributed by atoms with Gasteiger partial charge in [-0.1, -0.05) is 0 Å². The highest BCUT2D eigenvalue weighted by Gasteiger charge is 2.27. The second-order valence-electron chi connectivity index (χ2n) is 5.03. The molecule has 2 amide bonds. The molecule has 0 spiro atoms. The second-order valence-corrected chi connectivity index (χ2v) is 5.03. The Hall–Kier alpha value is -2.02. The van der Waals surface area contributed by atoms with Crippen LogP contribution in [0.3, 0.4) is 0 Å². The zero-order valence-electron chi connectivity index (χ0n) is 11.7. The van der Waals surface area contributed by atoms with Crippen LogP contribution in [0.2, 0.25) is 0 Å². The standard InChI is InChI=1S/C14H17F2N3O2/c1-9(13(17)20)18-4-6-19(7-5-18)14(21)11-3-2-10(15)8-12(11)16/h2-3,8-9H,4-7H2,1H3,(H2,17,20)/t9-/m0/s1. The first-order valence-corrected chi connectivity index (χ1v) is 6.68. The first-order chi connectivity index (χ1) is 9.90. The fourth-order valence-corrected chi connectivity index (χ4v) is 2.33. The fourth-order valence-electron chi connectivity index (χ4n) is 2.33. The Morgan fingerprint density at radius 2 is 1.81 bits per heavy atom. The smallest absolute Gasteiger partial charge is 0.256 e. The summed E-state index contributed by atoms with van der Waals surface area (Å²) in [5.74, 6) is -2.48. The Morgan fingerprint density at radius 1 is 1.19 bits per heavy atom. The third-order valence-electron chi connectivity index (χ3n) is 3.72. The molecule has 114 valence electrons. The number of rotatable bonds is 3. The summed E-state index contributed by atoms with van der Waals surface area (Å²) in [6, 6.07) is 2.50. The molecule has 1 aromatic carbocycles. The SMILES string of the molecule is C[C@@H](C(N)=O)N1CCN(C(=O)c2ccc(F)cc2F)CC1. The molecule has 0 aliphatic carbocycles. The number of hydrogen-bond donors (Lipinski definition) is 1. The minimum atomic E-state index is -0.868. The summed E-state index contributed by atoms with van der Waals surface area (Å²) < 4.78 is 26.5. The van der Waals surface area contributed by atoms with Gasteiger partial charge >= 0.3 is 0 Å². The molecule has 2 rings (SSSR count). The molecule has 1 aromatic rings. The van der Waals surface area contributed by atoms with Crippen molar-refractivity contribution in [3.8, 4) is 0 Å². The maximum absolute atomic E-state index is 13.6. The maximum atomic E-state index is 13.6. The molecular weight excluding hydrogens is 280 g/mol. The molecule has 5 nitrogen and oxygen atoms in total. The highest BCUT2D eigenvalue weighted by atomic mass is 19.1. The normalized spacial score (nSPS) is 17.6. The lowest BCUT2D eigenvalue weighted by Gasteiger charge is -2.37. The van der Waals surface area contributed by atoms with Crippen molar-refractivity contribution in [1.29, 1.82) is 0 Å². The van der Waals surface area contributed by atoms with E-state index in [9.17, 15) is 18.4 Å².